The van der Waals surface area contributed by atoms with E-state index in [2.05, 4.69) is 296 Å². The van der Waals surface area contributed by atoms with Crippen molar-refractivity contribution < 1.29 is 0 Å². The molecule has 0 saturated heterocycles. The second-order valence-corrected chi connectivity index (χ2v) is 21.6. The van der Waals surface area contributed by atoms with Gasteiger partial charge in [0, 0.05) is 97.6 Å². The molecule has 0 saturated carbocycles. The Morgan fingerprint density at radius 2 is 0.562 bits per heavy atom. The molecule has 0 atom stereocenters. The number of hydrogen-bond donors (Lipinski definition) is 1. The van der Waals surface area contributed by atoms with Crippen molar-refractivity contribution in [2.75, 3.05) is 0 Å². The average molecular weight is 1160 g/mol. The van der Waals surface area contributed by atoms with Gasteiger partial charge < -0.3 is 23.3 Å². The quantitative estimate of drug-likeness (QED) is 0.191. The number of fused-ring (bicyclic) bond motifs is 15. The lowest BCUT2D eigenvalue weighted by Crippen LogP contribution is -1.96. The van der Waals surface area contributed by atoms with Crippen LogP contribution in [-0.4, -0.2) is 33.2 Å². The van der Waals surface area contributed by atoms with Crippen LogP contribution in [0.2, 0.25) is 0 Å². The SMILES string of the molecule is Brc1ccc2c(c1)c1cc(Br)ccc1n2-c1cccnc1.C.c1ccc2c(c1)[nH]c1ccccc12.c1cncc(-n2c3ccc(-n4c5ccccc5c5ccccc54)cc3c3cc(-n4c5ccccc5c5ccccc54)ccc32)c1. The summed E-state index contributed by atoms with van der Waals surface area (Å²) in [5.74, 6) is 0. The Labute approximate surface area is 477 Å². The van der Waals surface area contributed by atoms with Crippen LogP contribution in [0.25, 0.3) is 132 Å². The van der Waals surface area contributed by atoms with Crippen LogP contribution >= 0.6 is 31.9 Å². The number of aromatic amines is 1. The molecule has 0 fully saturated rings. The highest BCUT2D eigenvalue weighted by atomic mass is 79.9. The van der Waals surface area contributed by atoms with E-state index >= 15 is 0 Å². The van der Waals surface area contributed by atoms with E-state index in [1.807, 2.05) is 30.7 Å². The van der Waals surface area contributed by atoms with E-state index in [0.717, 1.165) is 42.7 Å². The van der Waals surface area contributed by atoms with Gasteiger partial charge in [0.2, 0.25) is 0 Å². The average Bonchev–Trinajstić information content (AvgIpc) is 4.43. The maximum absolute atomic E-state index is 4.48. The number of nitrogens with zero attached hydrogens (tertiary/aromatic N) is 6. The van der Waals surface area contributed by atoms with Crippen LogP contribution in [0.1, 0.15) is 7.43 Å². The Kier molecular flexibility index (Phi) is 12.2. The third-order valence-corrected chi connectivity index (χ3v) is 16.3. The van der Waals surface area contributed by atoms with E-state index in [4.69, 9.17) is 0 Å². The largest absolute Gasteiger partial charge is 0.355 e. The zero-order valence-corrected chi connectivity index (χ0v) is 45.5. The minimum Gasteiger partial charge on any atom is -0.355 e. The summed E-state index contributed by atoms with van der Waals surface area (Å²) in [6, 6.07) is 86.2. The summed E-state index contributed by atoms with van der Waals surface area (Å²) in [7, 11) is 0. The minimum absolute atomic E-state index is 0. The predicted molar refractivity (Wildman–Crippen MR) is 344 cm³/mol. The molecule has 7 aromatic heterocycles. The zero-order chi connectivity index (χ0) is 52.6. The van der Waals surface area contributed by atoms with Gasteiger partial charge in [-0.2, -0.15) is 0 Å². The van der Waals surface area contributed by atoms with Gasteiger partial charge in [-0.15, -0.1) is 0 Å². The fourth-order valence-corrected chi connectivity index (χ4v) is 12.7. The first-order chi connectivity index (χ1) is 39.0. The van der Waals surface area contributed by atoms with Crippen molar-refractivity contribution in [2.24, 2.45) is 0 Å². The first-order valence-corrected chi connectivity index (χ1v) is 27.8. The van der Waals surface area contributed by atoms with Crippen molar-refractivity contribution in [3.05, 3.63) is 276 Å². The molecule has 0 spiro atoms. The summed E-state index contributed by atoms with van der Waals surface area (Å²) in [5, 5.41) is 12.5. The van der Waals surface area contributed by atoms with Gasteiger partial charge in [-0.25, -0.2) is 0 Å². The number of hydrogen-bond acceptors (Lipinski definition) is 2. The summed E-state index contributed by atoms with van der Waals surface area (Å²) < 4.78 is 11.5. The highest BCUT2D eigenvalue weighted by molar-refractivity contribution is 9.10. The number of aromatic nitrogens is 7. The van der Waals surface area contributed by atoms with E-state index in [-0.39, 0.29) is 7.43 Å². The lowest BCUT2D eigenvalue weighted by Gasteiger charge is -2.10. The van der Waals surface area contributed by atoms with E-state index in [1.54, 1.807) is 6.20 Å². The number of nitrogens with one attached hydrogen (secondary N) is 1. The molecule has 0 aliphatic carbocycles. The Balaban J connectivity index is 0.000000135. The van der Waals surface area contributed by atoms with Crippen molar-refractivity contribution >= 4 is 141 Å². The van der Waals surface area contributed by atoms with Gasteiger partial charge in [0.05, 0.1) is 67.9 Å². The second-order valence-electron chi connectivity index (χ2n) is 19.8. The summed E-state index contributed by atoms with van der Waals surface area (Å²) >= 11 is 7.14. The molecule has 17 aromatic rings. The normalized spacial score (nSPS) is 11.5. The van der Waals surface area contributed by atoms with Gasteiger partial charge in [-0.3, -0.25) is 9.97 Å². The molecule has 10 aromatic carbocycles. The van der Waals surface area contributed by atoms with Gasteiger partial charge in [-0.1, -0.05) is 148 Å². The monoisotopic (exact) mass is 1160 g/mol. The molecule has 17 rings (SSSR count). The molecular formula is C71H49Br2N7. The van der Waals surface area contributed by atoms with E-state index < -0.39 is 0 Å². The zero-order valence-electron chi connectivity index (χ0n) is 42.3. The molecular weight excluding hydrogens is 1110 g/mol. The molecule has 0 aliphatic rings. The highest BCUT2D eigenvalue weighted by Gasteiger charge is 2.19. The third kappa shape index (κ3) is 8.07. The maximum atomic E-state index is 4.48. The van der Waals surface area contributed by atoms with Gasteiger partial charge in [0.1, 0.15) is 0 Å². The Hall–Kier alpha value is -9.54. The number of pyridine rings is 2. The molecule has 0 amide bonds. The fraction of sp³-hybridized carbons (Fsp3) is 0.0141. The standard InChI is InChI=1S/C41H26N4.C17H10Br2N2.C12H9N.CH4/c1-5-15-36-30(11-1)31-12-2-6-16-37(31)43(36)27-19-21-40-34(24-27)35-25-28(20-22-41(35)45(40)29-10-9-23-42-26-29)44-38-17-7-3-13-32(38)33-14-4-8-18-39(33)44;18-11-3-5-16-14(8-11)15-9-12(19)4-6-17(15)21(16)13-2-1-7-20-10-13;1-3-7-11-9(5-1)10-6-2-4-8-12(10)13-11;/h1-26H;1-10H;1-8,13H;1H4. The van der Waals surface area contributed by atoms with Crippen LogP contribution in [0.15, 0.2) is 276 Å². The first kappa shape index (κ1) is 48.8. The van der Waals surface area contributed by atoms with Crippen molar-refractivity contribution in [2.45, 2.75) is 7.43 Å². The van der Waals surface area contributed by atoms with Crippen LogP contribution in [0.4, 0.5) is 0 Å². The van der Waals surface area contributed by atoms with E-state index in [0.29, 0.717) is 0 Å². The predicted octanol–water partition coefficient (Wildman–Crippen LogP) is 20.0. The number of H-pyrrole nitrogens is 1. The van der Waals surface area contributed by atoms with Gasteiger partial charge in [-0.05, 0) is 133 Å². The van der Waals surface area contributed by atoms with Gasteiger partial charge in [0.25, 0.3) is 0 Å². The number of halogens is 2. The molecule has 0 radical (unpaired) electrons. The molecule has 9 heteroatoms. The van der Waals surface area contributed by atoms with Crippen LogP contribution < -0.4 is 0 Å². The number of benzene rings is 10. The smallest absolute Gasteiger partial charge is 0.0645 e. The Bertz CT molecular complexity index is 4790. The van der Waals surface area contributed by atoms with E-state index in [1.165, 1.54) is 98.0 Å². The van der Waals surface area contributed by atoms with Crippen LogP contribution in [0, 0.1) is 0 Å². The molecule has 0 aliphatic heterocycles. The number of rotatable bonds is 4. The summed E-state index contributed by atoms with van der Waals surface area (Å²) in [6.45, 7) is 0. The molecule has 0 bridgehead atoms. The molecule has 7 heterocycles. The summed E-state index contributed by atoms with van der Waals surface area (Å²) in [6.07, 6.45) is 7.46. The fourth-order valence-electron chi connectivity index (χ4n) is 12.0. The first-order valence-electron chi connectivity index (χ1n) is 26.2. The Morgan fingerprint density at radius 1 is 0.263 bits per heavy atom. The highest BCUT2D eigenvalue weighted by Crippen LogP contribution is 2.40. The minimum atomic E-state index is 0. The van der Waals surface area contributed by atoms with Crippen molar-refractivity contribution in [3.63, 3.8) is 0 Å². The lowest BCUT2D eigenvalue weighted by molar-refractivity contribution is 1.13. The Morgan fingerprint density at radius 3 is 0.925 bits per heavy atom. The third-order valence-electron chi connectivity index (χ3n) is 15.3. The van der Waals surface area contributed by atoms with Crippen molar-refractivity contribution in [1.29, 1.82) is 0 Å². The molecule has 1 N–H and O–H groups in total. The maximum Gasteiger partial charge on any atom is 0.0645 e. The van der Waals surface area contributed by atoms with Crippen LogP contribution in [-0.2, 0) is 0 Å². The molecule has 80 heavy (non-hydrogen) atoms. The van der Waals surface area contributed by atoms with Crippen LogP contribution in [0.5, 0.6) is 0 Å². The summed E-state index contributed by atoms with van der Waals surface area (Å²) in [5.41, 5.74) is 16.3. The lowest BCUT2D eigenvalue weighted by atomic mass is 10.1. The van der Waals surface area contributed by atoms with Crippen molar-refractivity contribution in [3.8, 4) is 22.7 Å². The van der Waals surface area contributed by atoms with Crippen LogP contribution in [0.3, 0.4) is 0 Å². The van der Waals surface area contributed by atoms with E-state index in [9.17, 15) is 0 Å². The van der Waals surface area contributed by atoms with Gasteiger partial charge >= 0.3 is 0 Å². The van der Waals surface area contributed by atoms with Gasteiger partial charge in [0.15, 0.2) is 0 Å². The molecule has 0 unspecified atom stereocenters. The molecule has 7 nitrogen and oxygen atoms in total. The second kappa shape index (κ2) is 20.0. The summed E-state index contributed by atoms with van der Waals surface area (Å²) in [4.78, 5) is 12.1. The van der Waals surface area contributed by atoms with Crippen molar-refractivity contribution in [1.82, 2.24) is 33.2 Å². The molecule has 382 valence electrons. The number of para-hydroxylation sites is 6. The topological polar surface area (TPSA) is 61.3 Å².